The number of hydrogen-bond donors (Lipinski definition) is 5. The molecule has 1 atom stereocenters. The normalized spacial score (nSPS) is 12.1. The van der Waals surface area contributed by atoms with Gasteiger partial charge in [0.15, 0.2) is 0 Å². The molecule has 0 saturated carbocycles. The number of nitrogens with one attached hydrogen (secondary N) is 1. The van der Waals surface area contributed by atoms with Gasteiger partial charge in [0.25, 0.3) is 0 Å². The highest BCUT2D eigenvalue weighted by Gasteiger charge is 2.15. The van der Waals surface area contributed by atoms with Crippen LogP contribution < -0.4 is 5.73 Å². The molecule has 3 aromatic rings. The number of nitrogen functional groups attached to an aromatic ring is 1. The summed E-state index contributed by atoms with van der Waals surface area (Å²) >= 11 is 0. The summed E-state index contributed by atoms with van der Waals surface area (Å²) in [7, 11) is 0. The van der Waals surface area contributed by atoms with Crippen LogP contribution in [0.1, 0.15) is 52.8 Å². The van der Waals surface area contributed by atoms with Gasteiger partial charge in [-0.2, -0.15) is 0 Å². The van der Waals surface area contributed by atoms with Gasteiger partial charge in [-0.15, -0.1) is 0 Å². The number of nitrogens with two attached hydrogens (primary N) is 1. The van der Waals surface area contributed by atoms with Crippen molar-refractivity contribution in [3.63, 3.8) is 0 Å². The molecular weight excluding hydrogens is 412 g/mol. The third kappa shape index (κ3) is 5.96. The molecule has 0 bridgehead atoms. The zero-order valence-electron chi connectivity index (χ0n) is 19.6. The minimum absolute atomic E-state index is 0.138. The number of aliphatic hydroxyl groups is 3. The molecule has 0 spiro atoms. The van der Waals surface area contributed by atoms with Gasteiger partial charge in [-0.1, -0.05) is 49.9 Å². The maximum Gasteiger partial charge on any atom is 0.0807 e. The number of benzene rings is 3. The Hall–Kier alpha value is -3.25. The fraction of sp³-hybridized carbons (Fsp3) is 0.250. The minimum Gasteiger partial charge on any atom is -0.398 e. The molecule has 3 rings (SSSR count). The first-order valence-electron chi connectivity index (χ1n) is 11.0. The van der Waals surface area contributed by atoms with Gasteiger partial charge >= 0.3 is 0 Å². The number of allylic oxidation sites excluding steroid dienone is 3. The van der Waals surface area contributed by atoms with Crippen LogP contribution in [0.25, 0.3) is 16.3 Å². The van der Waals surface area contributed by atoms with Gasteiger partial charge in [-0.05, 0) is 82.6 Å². The zero-order chi connectivity index (χ0) is 24.5. The molecule has 0 amide bonds. The van der Waals surface area contributed by atoms with Crippen molar-refractivity contribution in [3.8, 4) is 0 Å². The van der Waals surface area contributed by atoms with Crippen LogP contribution in [-0.2, 0) is 13.2 Å². The number of fused-ring (bicyclic) bond motifs is 1. The maximum absolute atomic E-state index is 9.80. The van der Waals surface area contributed by atoms with Crippen LogP contribution in [0.4, 0.5) is 5.69 Å². The van der Waals surface area contributed by atoms with E-state index in [4.69, 9.17) is 11.1 Å². The predicted octanol–water partition coefficient (Wildman–Crippen LogP) is 5.37. The predicted molar refractivity (Wildman–Crippen MR) is 138 cm³/mol. The molecule has 0 unspecified atom stereocenters. The van der Waals surface area contributed by atoms with Crippen LogP contribution >= 0.6 is 0 Å². The molecule has 0 aliphatic heterocycles. The number of aryl methyl sites for hydroxylation is 2. The van der Waals surface area contributed by atoms with Crippen molar-refractivity contribution in [2.75, 3.05) is 5.73 Å². The molecule has 0 radical (unpaired) electrons. The molecule has 6 N–H and O–H groups in total. The van der Waals surface area contributed by atoms with Gasteiger partial charge in [0, 0.05) is 17.5 Å². The molecule has 3 aromatic carbocycles. The molecule has 33 heavy (non-hydrogen) atoms. The van der Waals surface area contributed by atoms with Gasteiger partial charge in [0.05, 0.1) is 19.3 Å². The van der Waals surface area contributed by atoms with E-state index in [0.717, 1.165) is 33.0 Å². The van der Waals surface area contributed by atoms with Crippen molar-refractivity contribution in [2.24, 2.45) is 0 Å². The molecule has 0 heterocycles. The van der Waals surface area contributed by atoms with Crippen molar-refractivity contribution >= 4 is 28.2 Å². The number of aliphatic hydroxyl groups excluding tert-OH is 3. The van der Waals surface area contributed by atoms with Crippen LogP contribution in [0.5, 0.6) is 0 Å². The van der Waals surface area contributed by atoms with E-state index >= 15 is 0 Å². The highest BCUT2D eigenvalue weighted by atomic mass is 16.3. The van der Waals surface area contributed by atoms with Gasteiger partial charge in [-0.25, -0.2) is 0 Å². The number of anilines is 1. The Morgan fingerprint density at radius 1 is 1.09 bits per heavy atom. The minimum atomic E-state index is -0.420. The fourth-order valence-electron chi connectivity index (χ4n) is 3.80. The lowest BCUT2D eigenvalue weighted by Gasteiger charge is -2.18. The quantitative estimate of drug-likeness (QED) is 0.191. The third-order valence-electron chi connectivity index (χ3n) is 5.80. The average molecular weight is 447 g/mol. The smallest absolute Gasteiger partial charge is 0.0807 e. The Morgan fingerprint density at radius 2 is 1.76 bits per heavy atom. The van der Waals surface area contributed by atoms with Crippen LogP contribution in [0.15, 0.2) is 61.2 Å². The Balaban J connectivity index is 0.000000294. The summed E-state index contributed by atoms with van der Waals surface area (Å²) in [4.78, 5) is 0. The lowest BCUT2D eigenvalue weighted by Crippen LogP contribution is -2.02. The number of rotatable bonds is 7. The van der Waals surface area contributed by atoms with E-state index in [9.17, 15) is 15.3 Å². The first kappa shape index (κ1) is 26.0. The number of hydrogen-bond acceptors (Lipinski definition) is 5. The van der Waals surface area contributed by atoms with Crippen LogP contribution in [0, 0.1) is 19.3 Å². The van der Waals surface area contributed by atoms with Crippen molar-refractivity contribution in [3.05, 3.63) is 94.6 Å². The molecule has 0 saturated heterocycles. The fourth-order valence-corrected chi connectivity index (χ4v) is 3.80. The molecule has 0 aliphatic rings. The average Bonchev–Trinajstić information content (AvgIpc) is 2.82. The Labute approximate surface area is 196 Å². The van der Waals surface area contributed by atoms with Crippen molar-refractivity contribution in [1.29, 1.82) is 5.41 Å². The van der Waals surface area contributed by atoms with Gasteiger partial charge in [-0.3, -0.25) is 0 Å². The van der Waals surface area contributed by atoms with Gasteiger partial charge in [0.1, 0.15) is 0 Å². The molecule has 174 valence electrons. The highest BCUT2D eigenvalue weighted by Crippen LogP contribution is 2.34. The van der Waals surface area contributed by atoms with E-state index in [1.54, 1.807) is 18.2 Å². The highest BCUT2D eigenvalue weighted by molar-refractivity contribution is 6.01. The van der Waals surface area contributed by atoms with E-state index in [1.165, 1.54) is 11.8 Å². The lowest BCUT2D eigenvalue weighted by atomic mass is 9.88. The molecular formula is C28H34N2O3. The second-order valence-electron chi connectivity index (χ2n) is 7.91. The standard InChI is InChI=1S/C19H21NO2.C9H13NO/c1-4-14(5-6-20)19-17-8-13(3)12(2)7-15(17)9-16(10-21)18(19)11-22;1-2-9(11)7-5-3-4-6-8(7)10/h4-9,20-22H,1,10-11H2,2-3H3;3-6,9,11H,2,10H2,1H3/b14-5+,20-6?;/t;9-/m.0/s1. The second kappa shape index (κ2) is 12.1. The van der Waals surface area contributed by atoms with E-state index in [-0.39, 0.29) is 13.2 Å². The molecule has 5 heteroatoms. The van der Waals surface area contributed by atoms with E-state index in [0.29, 0.717) is 23.2 Å². The van der Waals surface area contributed by atoms with Crippen molar-refractivity contribution in [1.82, 2.24) is 0 Å². The summed E-state index contributed by atoms with van der Waals surface area (Å²) in [6, 6.07) is 13.5. The second-order valence-corrected chi connectivity index (χ2v) is 7.91. The van der Waals surface area contributed by atoms with E-state index < -0.39 is 6.10 Å². The van der Waals surface area contributed by atoms with Crippen LogP contribution in [-0.4, -0.2) is 21.5 Å². The Morgan fingerprint density at radius 3 is 2.30 bits per heavy atom. The third-order valence-corrected chi connectivity index (χ3v) is 5.80. The first-order valence-corrected chi connectivity index (χ1v) is 11.0. The summed E-state index contributed by atoms with van der Waals surface area (Å²) in [5, 5.41) is 38.2. The summed E-state index contributed by atoms with van der Waals surface area (Å²) in [5.41, 5.74) is 12.5. The summed E-state index contributed by atoms with van der Waals surface area (Å²) in [5.74, 6) is 0. The monoisotopic (exact) mass is 446 g/mol. The van der Waals surface area contributed by atoms with E-state index in [1.807, 2.05) is 38.1 Å². The SMILES string of the molecule is C=C/C(=C\C=N)c1c(CO)c(CO)cc2cc(C)c(C)cc12.CC[C@H](O)c1ccccc1N. The van der Waals surface area contributed by atoms with Crippen LogP contribution in [0.3, 0.4) is 0 Å². The zero-order valence-corrected chi connectivity index (χ0v) is 19.6. The molecule has 5 nitrogen and oxygen atoms in total. The summed E-state index contributed by atoms with van der Waals surface area (Å²) in [6.45, 7) is 9.54. The topological polar surface area (TPSA) is 111 Å². The first-order chi connectivity index (χ1) is 15.8. The van der Waals surface area contributed by atoms with Crippen molar-refractivity contribution < 1.29 is 15.3 Å². The Bertz CT molecular complexity index is 1170. The number of para-hydroxylation sites is 1. The molecule has 0 fully saturated rings. The van der Waals surface area contributed by atoms with Gasteiger partial charge < -0.3 is 26.5 Å². The Kier molecular flexibility index (Phi) is 9.55. The van der Waals surface area contributed by atoms with Crippen LogP contribution in [0.2, 0.25) is 0 Å². The van der Waals surface area contributed by atoms with Gasteiger partial charge in [0.2, 0.25) is 0 Å². The summed E-state index contributed by atoms with van der Waals surface area (Å²) < 4.78 is 0. The summed E-state index contributed by atoms with van der Waals surface area (Å²) in [6.07, 6.45) is 4.81. The lowest BCUT2D eigenvalue weighted by molar-refractivity contribution is 0.174. The van der Waals surface area contributed by atoms with Crippen molar-refractivity contribution in [2.45, 2.75) is 46.5 Å². The molecule has 0 aliphatic carbocycles. The molecule has 0 aromatic heterocycles. The largest absolute Gasteiger partial charge is 0.398 e. The van der Waals surface area contributed by atoms with E-state index in [2.05, 4.69) is 25.6 Å². The maximum atomic E-state index is 9.80.